The zero-order valence-electron chi connectivity index (χ0n) is 23.9. The molecule has 0 unspecified atom stereocenters. The van der Waals surface area contributed by atoms with E-state index in [1.54, 1.807) is 36.6 Å². The number of hydrazone groups is 1. The Kier molecular flexibility index (Phi) is 8.58. The predicted molar refractivity (Wildman–Crippen MR) is 171 cm³/mol. The smallest absolute Gasteiger partial charge is 0.287 e. The first kappa shape index (κ1) is 28.1. The molecule has 1 heterocycles. The van der Waals surface area contributed by atoms with E-state index < -0.39 is 5.91 Å². The number of carbonyl (C=O) groups is 2. The second-order valence-electron chi connectivity index (χ2n) is 10.2. The number of fused-ring (bicyclic) bond motifs is 1. The molecule has 0 aliphatic heterocycles. The van der Waals surface area contributed by atoms with Crippen molar-refractivity contribution in [1.29, 1.82) is 0 Å². The molecule has 5 aromatic rings. The van der Waals surface area contributed by atoms with Crippen molar-refractivity contribution in [3.8, 4) is 0 Å². The van der Waals surface area contributed by atoms with Gasteiger partial charge in [-0.2, -0.15) is 5.10 Å². The third kappa shape index (κ3) is 6.47. The number of rotatable bonds is 9. The summed E-state index contributed by atoms with van der Waals surface area (Å²) in [6.45, 7) is 2.77. The molecule has 0 saturated carbocycles. The molecular formula is C35H33N5O2. The second kappa shape index (κ2) is 12.8. The molecule has 2 N–H and O–H groups in total. The largest absolute Gasteiger partial charge is 0.378 e. The van der Waals surface area contributed by atoms with Crippen molar-refractivity contribution in [2.24, 2.45) is 5.10 Å². The van der Waals surface area contributed by atoms with Crippen molar-refractivity contribution in [2.45, 2.75) is 13.5 Å². The fourth-order valence-corrected chi connectivity index (χ4v) is 4.78. The quantitative estimate of drug-likeness (QED) is 0.133. The van der Waals surface area contributed by atoms with Crippen LogP contribution in [-0.2, 0) is 11.3 Å². The summed E-state index contributed by atoms with van der Waals surface area (Å²) in [4.78, 5) is 28.3. The van der Waals surface area contributed by atoms with Gasteiger partial charge in [-0.1, -0.05) is 78.9 Å². The fourth-order valence-electron chi connectivity index (χ4n) is 4.78. The summed E-state index contributed by atoms with van der Waals surface area (Å²) in [7, 11) is 3.92. The van der Waals surface area contributed by atoms with Crippen molar-refractivity contribution in [3.05, 3.63) is 143 Å². The zero-order valence-corrected chi connectivity index (χ0v) is 23.9. The molecule has 0 spiro atoms. The van der Waals surface area contributed by atoms with Crippen LogP contribution in [0, 0.1) is 6.92 Å². The molecule has 1 aromatic heterocycles. The van der Waals surface area contributed by atoms with E-state index >= 15 is 0 Å². The summed E-state index contributed by atoms with van der Waals surface area (Å²) < 4.78 is 2.25. The van der Waals surface area contributed by atoms with Crippen molar-refractivity contribution in [1.82, 2.24) is 15.3 Å². The number of nitrogens with zero attached hydrogens (tertiary/aromatic N) is 3. The van der Waals surface area contributed by atoms with Crippen LogP contribution in [-0.4, -0.2) is 36.7 Å². The first-order chi connectivity index (χ1) is 20.4. The lowest BCUT2D eigenvalue weighted by atomic mass is 10.1. The van der Waals surface area contributed by atoms with Crippen molar-refractivity contribution >= 4 is 40.7 Å². The number of hydrogen-bond donors (Lipinski definition) is 2. The summed E-state index contributed by atoms with van der Waals surface area (Å²) in [5, 5.41) is 8.12. The van der Waals surface area contributed by atoms with Gasteiger partial charge < -0.3 is 14.8 Å². The van der Waals surface area contributed by atoms with E-state index in [1.807, 2.05) is 79.7 Å². The molecule has 5 rings (SSSR count). The standard InChI is InChI=1S/C35H33N5O2/c1-25-31(30-16-10-11-17-33(30)40(25)24-27-12-6-4-7-13-27)23-36-38-35(42)32(37-34(41)28-14-8-5-9-15-28)22-26-18-20-29(21-19-26)39(2)3/h4-23H,24H2,1-3H3,(H,37,41)(H,38,42)/b32-22-,36-23+. The Morgan fingerprint density at radius 3 is 2.17 bits per heavy atom. The van der Waals surface area contributed by atoms with E-state index in [-0.39, 0.29) is 11.6 Å². The molecule has 7 nitrogen and oxygen atoms in total. The number of benzene rings is 4. The maximum absolute atomic E-state index is 13.4. The lowest BCUT2D eigenvalue weighted by Crippen LogP contribution is -2.32. The third-order valence-corrected chi connectivity index (χ3v) is 7.07. The molecule has 42 heavy (non-hydrogen) atoms. The Balaban J connectivity index is 1.41. The topological polar surface area (TPSA) is 78.7 Å². The number of aromatic nitrogens is 1. The van der Waals surface area contributed by atoms with Crippen LogP contribution in [0.3, 0.4) is 0 Å². The highest BCUT2D eigenvalue weighted by molar-refractivity contribution is 6.06. The average molecular weight is 556 g/mol. The van der Waals surface area contributed by atoms with Gasteiger partial charge in [-0.3, -0.25) is 9.59 Å². The van der Waals surface area contributed by atoms with Crippen LogP contribution in [0.1, 0.15) is 32.7 Å². The molecule has 0 radical (unpaired) electrons. The molecule has 7 heteroatoms. The predicted octanol–water partition coefficient (Wildman–Crippen LogP) is 5.99. The van der Waals surface area contributed by atoms with Crippen LogP contribution >= 0.6 is 0 Å². The van der Waals surface area contributed by atoms with Gasteiger partial charge >= 0.3 is 0 Å². The first-order valence-corrected chi connectivity index (χ1v) is 13.7. The lowest BCUT2D eigenvalue weighted by molar-refractivity contribution is -0.117. The minimum atomic E-state index is -0.530. The maximum Gasteiger partial charge on any atom is 0.287 e. The van der Waals surface area contributed by atoms with Crippen LogP contribution in [0.25, 0.3) is 17.0 Å². The van der Waals surface area contributed by atoms with Crippen LogP contribution in [0.4, 0.5) is 5.69 Å². The molecule has 0 saturated heterocycles. The highest BCUT2D eigenvalue weighted by atomic mass is 16.2. The molecule has 4 aromatic carbocycles. The number of anilines is 1. The van der Waals surface area contributed by atoms with Gasteiger partial charge in [-0.15, -0.1) is 0 Å². The van der Waals surface area contributed by atoms with E-state index in [4.69, 9.17) is 0 Å². The maximum atomic E-state index is 13.4. The monoisotopic (exact) mass is 555 g/mol. The van der Waals surface area contributed by atoms with Crippen LogP contribution < -0.4 is 15.6 Å². The number of carbonyl (C=O) groups excluding carboxylic acids is 2. The van der Waals surface area contributed by atoms with E-state index in [1.165, 1.54) is 5.56 Å². The van der Waals surface area contributed by atoms with Gasteiger partial charge in [0.15, 0.2) is 0 Å². The number of nitrogens with one attached hydrogen (secondary N) is 2. The Hall–Kier alpha value is -5.43. The summed E-state index contributed by atoms with van der Waals surface area (Å²) in [6.07, 6.45) is 3.31. The fraction of sp³-hybridized carbons (Fsp3) is 0.114. The second-order valence-corrected chi connectivity index (χ2v) is 10.2. The van der Waals surface area contributed by atoms with Gasteiger partial charge in [-0.05, 0) is 54.5 Å². The third-order valence-electron chi connectivity index (χ3n) is 7.07. The highest BCUT2D eigenvalue weighted by Gasteiger charge is 2.16. The molecule has 0 bridgehead atoms. The zero-order chi connectivity index (χ0) is 29.5. The molecule has 210 valence electrons. The number of hydrogen-bond acceptors (Lipinski definition) is 4. The van der Waals surface area contributed by atoms with E-state index in [2.05, 4.69) is 51.6 Å². The normalized spacial score (nSPS) is 11.5. The summed E-state index contributed by atoms with van der Waals surface area (Å²) in [5.41, 5.74) is 9.18. The van der Waals surface area contributed by atoms with Gasteiger partial charge in [0.2, 0.25) is 0 Å². The molecule has 0 fully saturated rings. The SMILES string of the molecule is Cc1c(/C=N/NC(=O)/C(=C/c2ccc(N(C)C)cc2)NC(=O)c2ccccc2)c2ccccc2n1Cc1ccccc1. The number of para-hydroxylation sites is 1. The molecule has 2 amide bonds. The summed E-state index contributed by atoms with van der Waals surface area (Å²) in [5.74, 6) is -0.913. The minimum absolute atomic E-state index is 0.0850. The van der Waals surface area contributed by atoms with Crippen molar-refractivity contribution in [3.63, 3.8) is 0 Å². The van der Waals surface area contributed by atoms with E-state index in [0.717, 1.165) is 40.0 Å². The summed E-state index contributed by atoms with van der Waals surface area (Å²) in [6, 6.07) is 34.9. The highest BCUT2D eigenvalue weighted by Crippen LogP contribution is 2.25. The molecule has 0 atom stereocenters. The minimum Gasteiger partial charge on any atom is -0.378 e. The Morgan fingerprint density at radius 1 is 0.833 bits per heavy atom. The van der Waals surface area contributed by atoms with Gasteiger partial charge in [0.1, 0.15) is 5.70 Å². The first-order valence-electron chi connectivity index (χ1n) is 13.7. The van der Waals surface area contributed by atoms with E-state index in [0.29, 0.717) is 5.56 Å². The Labute approximate surface area is 245 Å². The van der Waals surface area contributed by atoms with Crippen LogP contribution in [0.5, 0.6) is 0 Å². The summed E-state index contributed by atoms with van der Waals surface area (Å²) >= 11 is 0. The number of amides is 2. The van der Waals surface area contributed by atoms with Crippen molar-refractivity contribution < 1.29 is 9.59 Å². The van der Waals surface area contributed by atoms with Gasteiger partial charge in [0.05, 0.1) is 6.21 Å². The van der Waals surface area contributed by atoms with Crippen molar-refractivity contribution in [2.75, 3.05) is 19.0 Å². The lowest BCUT2D eigenvalue weighted by Gasteiger charge is -2.12. The van der Waals surface area contributed by atoms with Gasteiger partial charge in [0, 0.05) is 54.1 Å². The molecule has 0 aliphatic rings. The van der Waals surface area contributed by atoms with Crippen LogP contribution in [0.2, 0.25) is 0 Å². The average Bonchev–Trinajstić information content (AvgIpc) is 3.28. The van der Waals surface area contributed by atoms with Gasteiger partial charge in [-0.25, -0.2) is 5.43 Å². The Morgan fingerprint density at radius 2 is 1.48 bits per heavy atom. The van der Waals surface area contributed by atoms with Crippen LogP contribution in [0.15, 0.2) is 120 Å². The van der Waals surface area contributed by atoms with E-state index in [9.17, 15) is 9.59 Å². The Bertz CT molecular complexity index is 1750. The molecule has 0 aliphatic carbocycles. The van der Waals surface area contributed by atoms with Gasteiger partial charge in [0.25, 0.3) is 11.8 Å². The molecular weight excluding hydrogens is 522 g/mol.